The lowest BCUT2D eigenvalue weighted by atomic mass is 10.0. The Morgan fingerprint density at radius 1 is 0.735 bits per heavy atom. The number of nitrogen functional groups attached to an aromatic ring is 1. The molecule has 0 saturated heterocycles. The summed E-state index contributed by atoms with van der Waals surface area (Å²) < 4.78 is 57.6. The number of rotatable bonds is 7. The van der Waals surface area contributed by atoms with Crippen LogP contribution in [0.4, 0.5) is 29.2 Å². The number of alkyl halides is 2. The van der Waals surface area contributed by atoms with Gasteiger partial charge in [-0.2, -0.15) is 0 Å². The van der Waals surface area contributed by atoms with Gasteiger partial charge in [-0.3, -0.25) is 18.4 Å². The number of hydrogen-bond acceptors (Lipinski definition) is 6. The van der Waals surface area contributed by atoms with Gasteiger partial charge in [0.2, 0.25) is 0 Å². The number of ketones is 2. The molecule has 2 aromatic carbocycles. The predicted octanol–water partition coefficient (Wildman–Crippen LogP) is 7.60. The van der Waals surface area contributed by atoms with Crippen LogP contribution in [0.5, 0.6) is 0 Å². The summed E-state index contributed by atoms with van der Waals surface area (Å²) in [5, 5.41) is 2.91. The first-order valence-corrected chi connectivity index (χ1v) is 15.8. The molecule has 0 aliphatic heterocycles. The van der Waals surface area contributed by atoms with Gasteiger partial charge in [-0.25, -0.2) is 27.5 Å². The zero-order valence-electron chi connectivity index (χ0n) is 26.8. The van der Waals surface area contributed by atoms with Crippen molar-refractivity contribution in [3.05, 3.63) is 107 Å². The fraction of sp³-hybridized carbons (Fsp3) is 0.243. The van der Waals surface area contributed by atoms with E-state index >= 15 is 0 Å². The minimum atomic E-state index is -1.10. The maximum Gasteiger partial charge on any atom is 0.189 e. The second kappa shape index (κ2) is 12.2. The van der Waals surface area contributed by atoms with Gasteiger partial charge in [-0.15, -0.1) is 0 Å². The molecule has 49 heavy (non-hydrogen) atoms. The topological polar surface area (TPSA) is 107 Å². The number of hydrogen-bond donors (Lipinski definition) is 2. The average Bonchev–Trinajstić information content (AvgIpc) is 3.94. The molecule has 6 aromatic rings. The lowest BCUT2D eigenvalue weighted by molar-refractivity contribution is 0.0944. The van der Waals surface area contributed by atoms with E-state index in [1.54, 1.807) is 78.5 Å². The maximum absolute atomic E-state index is 13.9. The number of carbonyl (C=O) groups excluding carboxylic acids is 2. The van der Waals surface area contributed by atoms with Gasteiger partial charge in [-0.05, 0) is 96.5 Å². The Morgan fingerprint density at radius 3 is 1.65 bits per heavy atom. The first-order chi connectivity index (χ1) is 23.5. The van der Waals surface area contributed by atoms with Crippen LogP contribution in [-0.4, -0.2) is 49.7 Å². The number of aromatic nitrogens is 4. The van der Waals surface area contributed by atoms with Crippen molar-refractivity contribution >= 4 is 34.5 Å². The van der Waals surface area contributed by atoms with E-state index in [1.807, 2.05) is 12.1 Å². The summed E-state index contributed by atoms with van der Waals surface area (Å²) in [7, 11) is 1.68. The molecule has 0 spiro atoms. The van der Waals surface area contributed by atoms with Gasteiger partial charge in [0.25, 0.3) is 0 Å². The molecule has 12 heteroatoms. The van der Waals surface area contributed by atoms with Crippen LogP contribution in [0.25, 0.3) is 33.5 Å². The fourth-order valence-electron chi connectivity index (χ4n) is 6.14. The fourth-order valence-corrected chi connectivity index (χ4v) is 6.14. The van der Waals surface area contributed by atoms with E-state index in [4.69, 9.17) is 5.73 Å². The van der Waals surface area contributed by atoms with Crippen LogP contribution in [0.15, 0.2) is 73.1 Å². The number of benzene rings is 2. The van der Waals surface area contributed by atoms with E-state index in [9.17, 15) is 27.2 Å². The number of imidazole rings is 2. The van der Waals surface area contributed by atoms with Gasteiger partial charge in [-0.1, -0.05) is 24.3 Å². The predicted molar refractivity (Wildman–Crippen MR) is 179 cm³/mol. The van der Waals surface area contributed by atoms with Crippen molar-refractivity contribution in [1.29, 1.82) is 0 Å². The number of anilines is 2. The summed E-state index contributed by atoms with van der Waals surface area (Å²) in [5.74, 6) is -1.87. The molecule has 8 rings (SSSR count). The van der Waals surface area contributed by atoms with Crippen LogP contribution in [0, 0.1) is 37.3 Å². The Bertz CT molecular complexity index is 2300. The number of nitrogens with one attached hydrogen (secondary N) is 1. The zero-order chi connectivity index (χ0) is 34.7. The van der Waals surface area contributed by atoms with Gasteiger partial charge in [0.1, 0.15) is 46.7 Å². The zero-order valence-corrected chi connectivity index (χ0v) is 26.8. The largest absolute Gasteiger partial charge is 0.382 e. The van der Waals surface area contributed by atoms with E-state index in [2.05, 4.69) is 15.3 Å². The highest BCUT2D eigenvalue weighted by Crippen LogP contribution is 2.40. The molecule has 3 N–H and O–H groups in total. The monoisotopic (exact) mass is 668 g/mol. The van der Waals surface area contributed by atoms with Gasteiger partial charge in [0.15, 0.2) is 23.2 Å². The van der Waals surface area contributed by atoms with Crippen molar-refractivity contribution < 1.29 is 27.2 Å². The van der Waals surface area contributed by atoms with Crippen LogP contribution in [-0.2, 0) is 0 Å². The van der Waals surface area contributed by atoms with Crippen LogP contribution in [0.3, 0.4) is 0 Å². The number of fused-ring (bicyclic) bond motifs is 2. The van der Waals surface area contributed by atoms with Gasteiger partial charge in [0, 0.05) is 19.4 Å². The van der Waals surface area contributed by atoms with Crippen LogP contribution in [0.1, 0.15) is 44.9 Å². The number of halogens is 4. The van der Waals surface area contributed by atoms with E-state index in [0.717, 1.165) is 22.3 Å². The number of nitrogens with zero attached hydrogens (tertiary/aromatic N) is 4. The lowest BCUT2D eigenvalue weighted by Gasteiger charge is -2.09. The Balaban J connectivity index is 0.000000154. The average molecular weight is 669 g/mol. The third kappa shape index (κ3) is 5.70. The maximum atomic E-state index is 13.9. The van der Waals surface area contributed by atoms with Gasteiger partial charge in [0.05, 0.1) is 11.8 Å². The normalized spacial score (nSPS) is 19.4. The second-order valence-corrected chi connectivity index (χ2v) is 12.5. The Morgan fingerprint density at radius 2 is 1.18 bits per heavy atom. The van der Waals surface area contributed by atoms with Crippen molar-refractivity contribution in [1.82, 2.24) is 18.8 Å². The molecule has 2 saturated carbocycles. The third-order valence-corrected chi connectivity index (χ3v) is 9.22. The Labute approximate surface area is 278 Å². The standard InChI is InChI=1S/C19H17F2N3O.C18H15F2N3O/c1-10-12(4-3-5-14(10)20)11-6-7-16-23-19(22-2)17(24(16)9-11)18(25)13-8-15(13)21;1-9-11(3-2-4-13(9)19)10-5-6-15-22-18(21)16(23(15)8-10)17(24)12-7-14(12)20/h3-7,9,13,15,22H,8H2,1-2H3;2-6,8,12,14H,7,21H2,1H3/t13-,15+;12-,14+/m11/s1. The van der Waals surface area contributed by atoms with Crippen molar-refractivity contribution in [2.24, 2.45) is 11.8 Å². The quantitative estimate of drug-likeness (QED) is 0.134. The summed E-state index contributed by atoms with van der Waals surface area (Å²) in [6, 6.07) is 16.9. The molecule has 2 aliphatic carbocycles. The minimum absolute atomic E-state index is 0.0900. The van der Waals surface area contributed by atoms with Crippen LogP contribution < -0.4 is 11.1 Å². The van der Waals surface area contributed by atoms with Gasteiger partial charge >= 0.3 is 0 Å². The summed E-state index contributed by atoms with van der Waals surface area (Å²) in [5.41, 5.74) is 11.5. The SMILES string of the molecule is CNc1nc2ccc(-c3cccc(F)c3C)cn2c1C(=O)[C@@H]1C[C@@H]1F.Cc1c(F)cccc1-c1ccc2nc(N)c(C(=O)[C@@H]3C[C@@H]3F)n2c1. The molecular weight excluding hydrogens is 636 g/mol. The molecule has 2 fully saturated rings. The van der Waals surface area contributed by atoms with Crippen molar-refractivity contribution in [3.8, 4) is 22.3 Å². The first kappa shape index (κ1) is 32.0. The van der Waals surface area contributed by atoms with Crippen molar-refractivity contribution in [2.75, 3.05) is 18.1 Å². The molecule has 4 atom stereocenters. The first-order valence-electron chi connectivity index (χ1n) is 15.8. The highest BCUT2D eigenvalue weighted by Gasteiger charge is 2.46. The number of carbonyl (C=O) groups is 2. The summed E-state index contributed by atoms with van der Waals surface area (Å²) in [4.78, 5) is 33.6. The van der Waals surface area contributed by atoms with Gasteiger partial charge < -0.3 is 11.1 Å². The van der Waals surface area contributed by atoms with Crippen molar-refractivity contribution in [2.45, 2.75) is 39.0 Å². The molecule has 8 nitrogen and oxygen atoms in total. The third-order valence-electron chi connectivity index (χ3n) is 9.22. The van der Waals surface area contributed by atoms with E-state index < -0.39 is 24.2 Å². The molecule has 4 aromatic heterocycles. The number of pyridine rings is 2. The molecule has 0 unspecified atom stereocenters. The summed E-state index contributed by atoms with van der Waals surface area (Å²) in [6.07, 6.45) is 1.77. The molecular formula is C37H32F4N6O2. The number of Topliss-reactive ketones (excluding diaryl/α,β-unsaturated/α-hetero) is 2. The molecule has 4 heterocycles. The highest BCUT2D eigenvalue weighted by atomic mass is 19.1. The van der Waals surface area contributed by atoms with Crippen molar-refractivity contribution in [3.63, 3.8) is 0 Å². The molecule has 0 bridgehead atoms. The number of nitrogens with two attached hydrogens (primary N) is 1. The van der Waals surface area contributed by atoms with E-state index in [0.29, 0.717) is 33.9 Å². The molecule has 0 amide bonds. The molecule has 250 valence electrons. The summed E-state index contributed by atoms with van der Waals surface area (Å²) in [6.45, 7) is 3.41. The molecule has 2 aliphatic rings. The Hall–Kier alpha value is -5.52. The summed E-state index contributed by atoms with van der Waals surface area (Å²) >= 11 is 0. The van der Waals surface area contributed by atoms with Crippen LogP contribution >= 0.6 is 0 Å². The highest BCUT2D eigenvalue weighted by molar-refractivity contribution is 6.04. The molecule has 0 radical (unpaired) electrons. The lowest BCUT2D eigenvalue weighted by Crippen LogP contribution is -2.10. The second-order valence-electron chi connectivity index (χ2n) is 12.5. The van der Waals surface area contributed by atoms with E-state index in [-0.39, 0.29) is 47.6 Å². The minimum Gasteiger partial charge on any atom is -0.382 e. The smallest absolute Gasteiger partial charge is 0.189 e. The van der Waals surface area contributed by atoms with E-state index in [1.165, 1.54) is 12.1 Å². The van der Waals surface area contributed by atoms with Crippen LogP contribution in [0.2, 0.25) is 0 Å². The Kier molecular flexibility index (Phi) is 7.96.